The van der Waals surface area contributed by atoms with Gasteiger partial charge in [0.25, 0.3) is 0 Å². The van der Waals surface area contributed by atoms with Crippen LogP contribution in [0.1, 0.15) is 12.5 Å². The van der Waals surface area contributed by atoms with Crippen molar-refractivity contribution in [3.63, 3.8) is 0 Å². The number of nitrogens with zero attached hydrogens (tertiary/aromatic N) is 2. The lowest BCUT2D eigenvalue weighted by Crippen LogP contribution is -2.38. The van der Waals surface area contributed by atoms with Gasteiger partial charge in [0.2, 0.25) is 0 Å². The van der Waals surface area contributed by atoms with E-state index in [1.807, 2.05) is 0 Å². The zero-order valence-electron chi connectivity index (χ0n) is 9.10. The Hall–Kier alpha value is -1.24. The van der Waals surface area contributed by atoms with E-state index in [9.17, 15) is 20.1 Å². The number of aromatic nitrogens is 2. The first-order valence-corrected chi connectivity index (χ1v) is 5.62. The Balaban J connectivity index is 2.02. The SMILES string of the molecule is O=c1ncccn1[C@H]1[C@H](O)[C@H](O)[C@@]2(CO)C[C@H]12. The molecule has 5 atom stereocenters. The summed E-state index contributed by atoms with van der Waals surface area (Å²) in [6, 6.07) is 1.13. The van der Waals surface area contributed by atoms with Crippen LogP contribution in [0.4, 0.5) is 0 Å². The molecule has 2 saturated carbocycles. The van der Waals surface area contributed by atoms with Gasteiger partial charge in [-0.25, -0.2) is 9.78 Å². The number of fused-ring (bicyclic) bond motifs is 1. The molecular formula is C11H14N2O4. The van der Waals surface area contributed by atoms with Gasteiger partial charge in [0.05, 0.1) is 18.8 Å². The maximum Gasteiger partial charge on any atom is 0.347 e. The van der Waals surface area contributed by atoms with Crippen LogP contribution in [-0.2, 0) is 0 Å². The highest BCUT2D eigenvalue weighted by Crippen LogP contribution is 2.66. The molecule has 2 aliphatic carbocycles. The Labute approximate surface area is 97.2 Å². The van der Waals surface area contributed by atoms with Crippen LogP contribution in [0.2, 0.25) is 0 Å². The second kappa shape index (κ2) is 3.38. The Morgan fingerprint density at radius 2 is 2.29 bits per heavy atom. The Morgan fingerprint density at radius 1 is 1.53 bits per heavy atom. The fourth-order valence-electron chi connectivity index (χ4n) is 3.15. The smallest absolute Gasteiger partial charge is 0.347 e. The zero-order valence-corrected chi connectivity index (χ0v) is 9.10. The molecule has 1 heterocycles. The lowest BCUT2D eigenvalue weighted by Gasteiger charge is -2.23. The molecule has 2 fully saturated rings. The lowest BCUT2D eigenvalue weighted by atomic mass is 10.0. The third kappa shape index (κ3) is 1.25. The van der Waals surface area contributed by atoms with E-state index in [2.05, 4.69) is 4.98 Å². The van der Waals surface area contributed by atoms with Gasteiger partial charge in [0.15, 0.2) is 0 Å². The number of aliphatic hydroxyl groups is 3. The van der Waals surface area contributed by atoms with Crippen LogP contribution in [0.3, 0.4) is 0 Å². The summed E-state index contributed by atoms with van der Waals surface area (Å²) in [5, 5.41) is 29.2. The molecule has 2 aliphatic rings. The lowest BCUT2D eigenvalue weighted by molar-refractivity contribution is -0.0309. The van der Waals surface area contributed by atoms with Gasteiger partial charge in [0, 0.05) is 17.8 Å². The quantitative estimate of drug-likeness (QED) is 0.584. The highest BCUT2D eigenvalue weighted by molar-refractivity contribution is 5.20. The topological polar surface area (TPSA) is 95.6 Å². The van der Waals surface area contributed by atoms with Crippen LogP contribution in [0.25, 0.3) is 0 Å². The molecule has 6 nitrogen and oxygen atoms in total. The van der Waals surface area contributed by atoms with E-state index in [0.717, 1.165) is 0 Å². The van der Waals surface area contributed by atoms with E-state index in [-0.39, 0.29) is 12.5 Å². The third-order valence-corrected chi connectivity index (χ3v) is 4.21. The molecule has 0 bridgehead atoms. The van der Waals surface area contributed by atoms with Gasteiger partial charge < -0.3 is 15.3 Å². The number of rotatable bonds is 2. The first-order valence-electron chi connectivity index (χ1n) is 5.62. The monoisotopic (exact) mass is 238 g/mol. The minimum absolute atomic E-state index is 0.0561. The van der Waals surface area contributed by atoms with Gasteiger partial charge in [-0.15, -0.1) is 0 Å². The van der Waals surface area contributed by atoms with Gasteiger partial charge in [-0.3, -0.25) is 4.57 Å². The summed E-state index contributed by atoms with van der Waals surface area (Å²) in [5.74, 6) is -0.0561. The predicted molar refractivity (Wildman–Crippen MR) is 57.2 cm³/mol. The average molecular weight is 238 g/mol. The summed E-state index contributed by atoms with van der Waals surface area (Å²) in [6.45, 7) is -0.165. The Bertz CT molecular complexity index is 502. The molecule has 1 aromatic heterocycles. The Kier molecular flexibility index (Phi) is 2.16. The summed E-state index contributed by atoms with van der Waals surface area (Å²) in [7, 11) is 0. The maximum absolute atomic E-state index is 11.6. The van der Waals surface area contributed by atoms with E-state index in [1.54, 1.807) is 12.3 Å². The third-order valence-electron chi connectivity index (χ3n) is 4.21. The fourth-order valence-corrected chi connectivity index (χ4v) is 3.15. The minimum atomic E-state index is -1.03. The fraction of sp³-hybridized carbons (Fsp3) is 0.636. The number of hydrogen-bond donors (Lipinski definition) is 3. The first-order chi connectivity index (χ1) is 8.12. The first kappa shape index (κ1) is 10.9. The summed E-state index contributed by atoms with van der Waals surface area (Å²) in [6.07, 6.45) is 1.58. The van der Waals surface area contributed by atoms with Crippen LogP contribution in [0.15, 0.2) is 23.3 Å². The minimum Gasteiger partial charge on any atom is -0.396 e. The predicted octanol–water partition coefficient (Wildman–Crippen LogP) is -1.48. The van der Waals surface area contributed by atoms with E-state index in [0.29, 0.717) is 6.42 Å². The van der Waals surface area contributed by atoms with Crippen LogP contribution < -0.4 is 5.69 Å². The van der Waals surface area contributed by atoms with Gasteiger partial charge >= 0.3 is 5.69 Å². The number of hydrogen-bond acceptors (Lipinski definition) is 5. The van der Waals surface area contributed by atoms with Crippen LogP contribution in [0.5, 0.6) is 0 Å². The van der Waals surface area contributed by atoms with Crippen LogP contribution >= 0.6 is 0 Å². The van der Waals surface area contributed by atoms with Crippen LogP contribution in [0, 0.1) is 11.3 Å². The summed E-state index contributed by atoms with van der Waals surface area (Å²) in [4.78, 5) is 15.2. The van der Waals surface area contributed by atoms with Crippen molar-refractivity contribution in [1.29, 1.82) is 0 Å². The summed E-state index contributed by atoms with van der Waals surface area (Å²) >= 11 is 0. The molecular weight excluding hydrogens is 224 g/mol. The summed E-state index contributed by atoms with van der Waals surface area (Å²) in [5.41, 5.74) is -1.07. The second-order valence-electron chi connectivity index (χ2n) is 4.94. The Morgan fingerprint density at radius 3 is 2.88 bits per heavy atom. The maximum atomic E-state index is 11.6. The molecule has 0 amide bonds. The molecule has 92 valence electrons. The molecule has 0 aromatic carbocycles. The van der Waals surface area contributed by atoms with Crippen molar-refractivity contribution in [1.82, 2.24) is 9.55 Å². The van der Waals surface area contributed by atoms with E-state index >= 15 is 0 Å². The molecule has 6 heteroatoms. The van der Waals surface area contributed by atoms with Crippen molar-refractivity contribution >= 4 is 0 Å². The van der Waals surface area contributed by atoms with Crippen molar-refractivity contribution in [2.24, 2.45) is 11.3 Å². The van der Waals surface area contributed by atoms with Gasteiger partial charge in [-0.1, -0.05) is 0 Å². The molecule has 0 spiro atoms. The van der Waals surface area contributed by atoms with Crippen molar-refractivity contribution in [2.75, 3.05) is 6.61 Å². The normalized spacial score (nSPS) is 43.5. The van der Waals surface area contributed by atoms with Crippen molar-refractivity contribution in [3.05, 3.63) is 28.9 Å². The highest BCUT2D eigenvalue weighted by Gasteiger charge is 2.71. The molecule has 3 rings (SSSR count). The van der Waals surface area contributed by atoms with E-state index < -0.39 is 29.4 Å². The summed E-state index contributed by atoms with van der Waals surface area (Å²) < 4.78 is 1.35. The molecule has 1 aromatic rings. The largest absolute Gasteiger partial charge is 0.396 e. The molecule has 17 heavy (non-hydrogen) atoms. The average Bonchev–Trinajstić information content (AvgIpc) is 3.02. The van der Waals surface area contributed by atoms with E-state index in [1.165, 1.54) is 10.8 Å². The molecule has 3 N–H and O–H groups in total. The van der Waals surface area contributed by atoms with Gasteiger partial charge in [0.1, 0.15) is 6.10 Å². The molecule has 0 unspecified atom stereocenters. The molecule has 0 radical (unpaired) electrons. The van der Waals surface area contributed by atoms with Crippen molar-refractivity contribution < 1.29 is 15.3 Å². The zero-order chi connectivity index (χ0) is 12.2. The van der Waals surface area contributed by atoms with E-state index in [4.69, 9.17) is 0 Å². The number of aliphatic hydroxyl groups excluding tert-OH is 3. The molecule has 0 saturated heterocycles. The second-order valence-corrected chi connectivity index (χ2v) is 4.94. The van der Waals surface area contributed by atoms with Gasteiger partial charge in [-0.05, 0) is 18.4 Å². The van der Waals surface area contributed by atoms with Crippen LogP contribution in [-0.4, -0.2) is 43.7 Å². The molecule has 0 aliphatic heterocycles. The van der Waals surface area contributed by atoms with Gasteiger partial charge in [-0.2, -0.15) is 0 Å². The standard InChI is InChI=1S/C11H14N2O4/c14-5-11-4-6(11)7(8(15)9(11)16)13-3-1-2-12-10(13)17/h1-3,6-9,14-16H,4-5H2/t6-,7-,8+,9+,11-/m1/s1. The van der Waals surface area contributed by atoms with Crippen molar-refractivity contribution in [2.45, 2.75) is 24.7 Å². The highest BCUT2D eigenvalue weighted by atomic mass is 16.3. The van der Waals surface area contributed by atoms with Crippen molar-refractivity contribution in [3.8, 4) is 0 Å².